The number of amides is 3. The number of imide groups is 1. The zero-order valence-electron chi connectivity index (χ0n) is 17.3. The summed E-state index contributed by atoms with van der Waals surface area (Å²) >= 11 is 0. The number of para-hydroxylation sites is 1. The molecule has 0 aromatic heterocycles. The van der Waals surface area contributed by atoms with E-state index in [1.54, 1.807) is 9.47 Å². The molecular weight excluding hydrogens is 364 g/mol. The van der Waals surface area contributed by atoms with Crippen molar-refractivity contribution in [1.29, 1.82) is 0 Å². The molecule has 0 aliphatic carbocycles. The third kappa shape index (κ3) is 2.80. The summed E-state index contributed by atoms with van der Waals surface area (Å²) < 4.78 is 1.70. The molecule has 28 heavy (non-hydrogen) atoms. The summed E-state index contributed by atoms with van der Waals surface area (Å²) in [6.07, 6.45) is 0.536. The van der Waals surface area contributed by atoms with Gasteiger partial charge in [-0.15, -0.1) is 0 Å². The van der Waals surface area contributed by atoms with Crippen molar-refractivity contribution in [1.82, 2.24) is 4.57 Å². The number of anilines is 1. The van der Waals surface area contributed by atoms with Crippen LogP contribution in [0.15, 0.2) is 60.7 Å². The molecule has 1 atom stereocenters. The maximum atomic E-state index is 14.1. The molecule has 1 saturated heterocycles. The summed E-state index contributed by atoms with van der Waals surface area (Å²) in [7, 11) is -2.23. The summed E-state index contributed by atoms with van der Waals surface area (Å²) in [4.78, 5) is 29.7. The number of carbonyl (C=O) groups is 2. The van der Waals surface area contributed by atoms with Crippen LogP contribution in [0.4, 0.5) is 10.5 Å². The minimum Gasteiger partial charge on any atom is -0.291 e. The van der Waals surface area contributed by atoms with Gasteiger partial charge in [0.2, 0.25) is 0 Å². The topological polar surface area (TPSA) is 40.6 Å². The summed E-state index contributed by atoms with van der Waals surface area (Å²) in [6, 6.07) is 21.9. The second kappa shape index (κ2) is 7.92. The van der Waals surface area contributed by atoms with E-state index in [1.165, 1.54) is 0 Å². The molecule has 2 aromatic carbocycles. The highest BCUT2D eigenvalue weighted by Gasteiger charge is 2.62. The number of nitrogens with zero attached hydrogens (tertiary/aromatic N) is 2. The maximum Gasteiger partial charge on any atom is 0.324 e. The molecule has 5 heteroatoms. The first-order valence-corrected chi connectivity index (χ1v) is 12.9. The lowest BCUT2D eigenvalue weighted by Gasteiger charge is -2.36. The van der Waals surface area contributed by atoms with E-state index >= 15 is 0 Å². The molecule has 0 saturated carbocycles. The Labute approximate surface area is 169 Å². The van der Waals surface area contributed by atoms with Crippen molar-refractivity contribution < 1.29 is 9.59 Å². The number of benzene rings is 2. The van der Waals surface area contributed by atoms with Crippen LogP contribution in [-0.2, 0) is 10.3 Å². The molecule has 0 N–H and O–H groups in total. The van der Waals surface area contributed by atoms with Gasteiger partial charge in [0.05, 0.1) is 0 Å². The van der Waals surface area contributed by atoms with Crippen molar-refractivity contribution >= 4 is 25.9 Å². The lowest BCUT2D eigenvalue weighted by atomic mass is 9.85. The van der Waals surface area contributed by atoms with Gasteiger partial charge in [0, 0.05) is 5.69 Å². The molecular formula is C23H30N2O2Si. The SMILES string of the molecule is CCC1(c2ccccc2)C(=O)N([Si](CC)(CC)CC)C(=O)N1c1ccccc1. The molecule has 1 heterocycles. The molecule has 0 spiro atoms. The van der Waals surface area contributed by atoms with E-state index in [0.717, 1.165) is 29.4 Å². The van der Waals surface area contributed by atoms with Gasteiger partial charge >= 0.3 is 6.03 Å². The molecule has 3 rings (SSSR count). The highest BCUT2D eigenvalue weighted by atomic mass is 28.3. The van der Waals surface area contributed by atoms with Crippen LogP contribution < -0.4 is 4.90 Å². The Kier molecular flexibility index (Phi) is 5.75. The second-order valence-electron chi connectivity index (χ2n) is 7.46. The molecule has 4 nitrogen and oxygen atoms in total. The first-order chi connectivity index (χ1) is 13.5. The number of carbonyl (C=O) groups excluding carboxylic acids is 2. The van der Waals surface area contributed by atoms with Crippen molar-refractivity contribution in [3.05, 3.63) is 66.2 Å². The Morgan fingerprint density at radius 1 is 0.786 bits per heavy atom. The van der Waals surface area contributed by atoms with E-state index in [-0.39, 0.29) is 11.9 Å². The summed E-state index contributed by atoms with van der Waals surface area (Å²) in [6.45, 7) is 8.38. The normalized spacial score (nSPS) is 20.1. The third-order valence-corrected chi connectivity index (χ3v) is 11.8. The van der Waals surface area contributed by atoms with Crippen molar-refractivity contribution in [3.63, 3.8) is 0 Å². The average molecular weight is 395 g/mol. The Morgan fingerprint density at radius 2 is 1.29 bits per heavy atom. The maximum absolute atomic E-state index is 14.1. The van der Waals surface area contributed by atoms with Crippen LogP contribution in [0, 0.1) is 0 Å². The van der Waals surface area contributed by atoms with Gasteiger partial charge in [-0.2, -0.15) is 0 Å². The van der Waals surface area contributed by atoms with Crippen LogP contribution in [0.2, 0.25) is 18.1 Å². The largest absolute Gasteiger partial charge is 0.324 e. The van der Waals surface area contributed by atoms with Crippen LogP contribution in [0.1, 0.15) is 39.7 Å². The quantitative estimate of drug-likeness (QED) is 0.442. The molecule has 1 fully saturated rings. The molecule has 0 bridgehead atoms. The van der Waals surface area contributed by atoms with Gasteiger partial charge in [-0.25, -0.2) is 4.79 Å². The van der Waals surface area contributed by atoms with Crippen LogP contribution in [0.3, 0.4) is 0 Å². The Morgan fingerprint density at radius 3 is 1.75 bits per heavy atom. The van der Waals surface area contributed by atoms with Crippen molar-refractivity contribution in [2.45, 2.75) is 57.8 Å². The van der Waals surface area contributed by atoms with Crippen molar-refractivity contribution in [2.24, 2.45) is 0 Å². The Bertz CT molecular complexity index is 828. The van der Waals surface area contributed by atoms with E-state index in [0.29, 0.717) is 6.42 Å². The summed E-state index contributed by atoms with van der Waals surface area (Å²) in [5, 5.41) is 0. The number of urea groups is 1. The van der Waals surface area contributed by atoms with Crippen LogP contribution in [-0.4, -0.2) is 24.7 Å². The fourth-order valence-electron chi connectivity index (χ4n) is 4.66. The summed E-state index contributed by atoms with van der Waals surface area (Å²) in [5.41, 5.74) is 0.672. The minimum absolute atomic E-state index is 0.0488. The van der Waals surface area contributed by atoms with Gasteiger partial charge < -0.3 is 0 Å². The van der Waals surface area contributed by atoms with E-state index < -0.39 is 13.8 Å². The van der Waals surface area contributed by atoms with Crippen molar-refractivity contribution in [3.8, 4) is 0 Å². The first-order valence-electron chi connectivity index (χ1n) is 10.3. The highest BCUT2D eigenvalue weighted by Crippen LogP contribution is 2.46. The van der Waals surface area contributed by atoms with Gasteiger partial charge in [0.25, 0.3) is 5.91 Å². The van der Waals surface area contributed by atoms with Crippen molar-refractivity contribution in [2.75, 3.05) is 4.90 Å². The predicted octanol–water partition coefficient (Wildman–Crippen LogP) is 5.77. The van der Waals surface area contributed by atoms with Gasteiger partial charge in [0.1, 0.15) is 0 Å². The first kappa shape index (κ1) is 20.3. The lowest BCUT2D eigenvalue weighted by molar-refractivity contribution is -0.128. The molecule has 1 aliphatic rings. The Hall–Kier alpha value is -2.40. The zero-order chi connectivity index (χ0) is 20.4. The van der Waals surface area contributed by atoms with Crippen LogP contribution >= 0.6 is 0 Å². The van der Waals surface area contributed by atoms with E-state index in [4.69, 9.17) is 0 Å². The molecule has 148 valence electrons. The fourth-order valence-corrected chi connectivity index (χ4v) is 8.23. The highest BCUT2D eigenvalue weighted by molar-refractivity contribution is 6.82. The Balaban J connectivity index is 2.29. The number of hydrogen-bond acceptors (Lipinski definition) is 2. The smallest absolute Gasteiger partial charge is 0.291 e. The van der Waals surface area contributed by atoms with E-state index in [1.807, 2.05) is 67.6 Å². The zero-order valence-corrected chi connectivity index (χ0v) is 18.3. The van der Waals surface area contributed by atoms with Crippen LogP contribution in [0.5, 0.6) is 0 Å². The molecule has 0 radical (unpaired) electrons. The predicted molar refractivity (Wildman–Crippen MR) is 117 cm³/mol. The number of hydrogen-bond donors (Lipinski definition) is 0. The second-order valence-corrected chi connectivity index (χ2v) is 12.5. The van der Waals surface area contributed by atoms with E-state index in [2.05, 4.69) is 20.8 Å². The monoisotopic (exact) mass is 394 g/mol. The average Bonchev–Trinajstić information content (AvgIpc) is 2.99. The molecule has 1 unspecified atom stereocenters. The number of rotatable bonds is 7. The van der Waals surface area contributed by atoms with E-state index in [9.17, 15) is 9.59 Å². The standard InChI is InChI=1S/C23H30N2O2Si/c1-5-23(19-15-11-9-12-16-19)21(26)25(28(6-2,7-3)8-4)22(27)24(23)20-17-13-10-14-18-20/h9-18H,5-8H2,1-4H3. The fraction of sp³-hybridized carbons (Fsp3) is 0.391. The van der Waals surface area contributed by atoms with Gasteiger partial charge in [0.15, 0.2) is 13.8 Å². The minimum atomic E-state index is -2.23. The summed E-state index contributed by atoms with van der Waals surface area (Å²) in [5.74, 6) is -0.0488. The lowest BCUT2D eigenvalue weighted by Crippen LogP contribution is -2.56. The third-order valence-electron chi connectivity index (χ3n) is 6.55. The van der Waals surface area contributed by atoms with Gasteiger partial charge in [-0.3, -0.25) is 14.3 Å². The van der Waals surface area contributed by atoms with Gasteiger partial charge in [-0.05, 0) is 42.2 Å². The molecule has 3 amide bonds. The van der Waals surface area contributed by atoms with Crippen LogP contribution in [0.25, 0.3) is 0 Å². The molecule has 2 aromatic rings. The molecule has 1 aliphatic heterocycles. The van der Waals surface area contributed by atoms with Gasteiger partial charge in [-0.1, -0.05) is 76.2 Å².